The van der Waals surface area contributed by atoms with E-state index >= 15 is 0 Å². The van der Waals surface area contributed by atoms with E-state index in [2.05, 4.69) is 16.0 Å². The highest BCUT2D eigenvalue weighted by atomic mass is 35.5. The number of rotatable bonds is 7. The van der Waals surface area contributed by atoms with Crippen molar-refractivity contribution in [3.05, 3.63) is 46.2 Å². The number of carbonyl (C=O) groups excluding carboxylic acids is 2. The van der Waals surface area contributed by atoms with Gasteiger partial charge in [-0.1, -0.05) is 11.6 Å². The van der Waals surface area contributed by atoms with Crippen LogP contribution in [0.3, 0.4) is 0 Å². The van der Waals surface area contributed by atoms with Gasteiger partial charge in [0.05, 0.1) is 24.4 Å². The molecule has 8 nitrogen and oxygen atoms in total. The number of aromatic nitrogens is 2. The number of carbonyl (C=O) groups is 2. The molecule has 2 aromatic rings. The molecule has 0 saturated carbocycles. The number of aryl methyl sites for hydroxylation is 2. The molecule has 2 N–H and O–H groups in total. The van der Waals surface area contributed by atoms with Gasteiger partial charge in [0.25, 0.3) is 11.8 Å². The van der Waals surface area contributed by atoms with Crippen molar-refractivity contribution in [1.82, 2.24) is 20.6 Å². The molecule has 1 aromatic heterocycles. The van der Waals surface area contributed by atoms with E-state index in [-0.39, 0.29) is 6.54 Å². The number of nitrogens with one attached hydrogen (secondary N) is 2. The average molecular weight is 407 g/mol. The second kappa shape index (κ2) is 9.80. The molecule has 0 aliphatic rings. The van der Waals surface area contributed by atoms with E-state index in [1.807, 2.05) is 26.8 Å². The Morgan fingerprint density at radius 1 is 1.25 bits per heavy atom. The Kier molecular flexibility index (Phi) is 7.45. The average Bonchev–Trinajstić information content (AvgIpc) is 2.96. The summed E-state index contributed by atoms with van der Waals surface area (Å²) in [4.78, 5) is 23.9. The quantitative estimate of drug-likeness (QED) is 0.544. The van der Waals surface area contributed by atoms with E-state index < -0.39 is 11.8 Å². The molecule has 0 saturated heterocycles. The maximum absolute atomic E-state index is 11.9. The zero-order valence-corrected chi connectivity index (χ0v) is 17.0. The van der Waals surface area contributed by atoms with Gasteiger partial charge in [-0.25, -0.2) is 0 Å². The number of ether oxygens (including phenoxy) is 2. The highest BCUT2D eigenvalue weighted by Crippen LogP contribution is 2.36. The van der Waals surface area contributed by atoms with Crippen LogP contribution in [0, 0.1) is 13.8 Å². The summed E-state index contributed by atoms with van der Waals surface area (Å²) >= 11 is 6.20. The fourth-order valence-electron chi connectivity index (χ4n) is 2.48. The van der Waals surface area contributed by atoms with Crippen LogP contribution >= 0.6 is 11.6 Å². The Hall–Kier alpha value is -3.00. The zero-order valence-electron chi connectivity index (χ0n) is 16.2. The summed E-state index contributed by atoms with van der Waals surface area (Å²) in [5.74, 6) is 0.0294. The predicted octanol–water partition coefficient (Wildman–Crippen LogP) is 2.42. The van der Waals surface area contributed by atoms with E-state index in [9.17, 15) is 9.59 Å². The second-order valence-electron chi connectivity index (χ2n) is 5.92. The van der Waals surface area contributed by atoms with Crippen LogP contribution in [-0.2, 0) is 16.1 Å². The standard InChI is InChI=1S/C19H23ClN4O4/c1-5-28-19-15(20)9-14(10-16(19)27-4)6-7-17(25)21-22-18(26)11-24-13(3)8-12(2)23-24/h6-10H,5,11H2,1-4H3,(H,21,25)(H,22,26)/b7-6+. The van der Waals surface area contributed by atoms with Crippen LogP contribution in [0.25, 0.3) is 6.08 Å². The van der Waals surface area contributed by atoms with Crippen molar-refractivity contribution in [3.63, 3.8) is 0 Å². The lowest BCUT2D eigenvalue weighted by molar-refractivity contribution is -0.127. The van der Waals surface area contributed by atoms with E-state index in [4.69, 9.17) is 21.1 Å². The predicted molar refractivity (Wildman–Crippen MR) is 106 cm³/mol. The summed E-state index contributed by atoms with van der Waals surface area (Å²) in [5.41, 5.74) is 6.99. The van der Waals surface area contributed by atoms with Gasteiger partial charge in [-0.15, -0.1) is 0 Å². The third-order valence-corrected chi connectivity index (χ3v) is 3.97. The van der Waals surface area contributed by atoms with Crippen LogP contribution in [0.5, 0.6) is 11.5 Å². The Morgan fingerprint density at radius 2 is 2.00 bits per heavy atom. The first-order chi connectivity index (χ1) is 13.3. The van der Waals surface area contributed by atoms with Crippen molar-refractivity contribution < 1.29 is 19.1 Å². The number of amides is 2. The van der Waals surface area contributed by atoms with Crippen LogP contribution in [-0.4, -0.2) is 35.3 Å². The lowest BCUT2D eigenvalue weighted by Gasteiger charge is -2.12. The van der Waals surface area contributed by atoms with Gasteiger partial charge in [0, 0.05) is 11.8 Å². The van der Waals surface area contributed by atoms with Gasteiger partial charge in [-0.05, 0) is 50.6 Å². The van der Waals surface area contributed by atoms with Crippen LogP contribution in [0.4, 0.5) is 0 Å². The maximum Gasteiger partial charge on any atom is 0.262 e. The molecule has 1 heterocycles. The van der Waals surface area contributed by atoms with Crippen LogP contribution in [0.1, 0.15) is 23.9 Å². The third-order valence-electron chi connectivity index (χ3n) is 3.69. The lowest BCUT2D eigenvalue weighted by Crippen LogP contribution is -2.42. The van der Waals surface area contributed by atoms with Crippen molar-refractivity contribution in [1.29, 1.82) is 0 Å². The summed E-state index contributed by atoms with van der Waals surface area (Å²) in [6.07, 6.45) is 2.82. The van der Waals surface area contributed by atoms with Crippen molar-refractivity contribution in [2.75, 3.05) is 13.7 Å². The highest BCUT2D eigenvalue weighted by molar-refractivity contribution is 6.32. The molecule has 28 heavy (non-hydrogen) atoms. The fourth-order valence-corrected chi connectivity index (χ4v) is 2.75. The smallest absolute Gasteiger partial charge is 0.262 e. The molecule has 0 atom stereocenters. The maximum atomic E-state index is 11.9. The number of hydrazine groups is 1. The van der Waals surface area contributed by atoms with Crippen molar-refractivity contribution in [3.8, 4) is 11.5 Å². The van der Waals surface area contributed by atoms with E-state index in [0.717, 1.165) is 11.4 Å². The first-order valence-corrected chi connectivity index (χ1v) is 9.00. The summed E-state index contributed by atoms with van der Waals surface area (Å²) in [7, 11) is 1.51. The normalized spacial score (nSPS) is 10.8. The topological polar surface area (TPSA) is 94.5 Å². The molecule has 0 fully saturated rings. The van der Waals surface area contributed by atoms with E-state index in [0.29, 0.717) is 28.7 Å². The van der Waals surface area contributed by atoms with E-state index in [1.165, 1.54) is 13.2 Å². The molecular weight excluding hydrogens is 384 g/mol. The molecule has 0 spiro atoms. The minimum atomic E-state index is -0.495. The van der Waals surface area contributed by atoms with Gasteiger partial charge >= 0.3 is 0 Å². The van der Waals surface area contributed by atoms with Gasteiger partial charge < -0.3 is 9.47 Å². The highest BCUT2D eigenvalue weighted by Gasteiger charge is 2.11. The van der Waals surface area contributed by atoms with Crippen LogP contribution in [0.2, 0.25) is 5.02 Å². The summed E-state index contributed by atoms with van der Waals surface area (Å²) in [6, 6.07) is 5.22. The van der Waals surface area contributed by atoms with Gasteiger partial charge in [-0.3, -0.25) is 25.1 Å². The van der Waals surface area contributed by atoms with Gasteiger partial charge in [-0.2, -0.15) is 5.10 Å². The molecule has 1 aromatic carbocycles. The molecule has 0 unspecified atom stereocenters. The number of methoxy groups -OCH3 is 1. The molecular formula is C19H23ClN4O4. The van der Waals surface area contributed by atoms with Crippen molar-refractivity contribution >= 4 is 29.5 Å². The van der Waals surface area contributed by atoms with Gasteiger partial charge in [0.1, 0.15) is 6.54 Å². The van der Waals surface area contributed by atoms with Crippen LogP contribution < -0.4 is 20.3 Å². The molecule has 9 heteroatoms. The van der Waals surface area contributed by atoms with Crippen molar-refractivity contribution in [2.24, 2.45) is 0 Å². The molecule has 0 aliphatic carbocycles. The summed E-state index contributed by atoms with van der Waals surface area (Å²) in [5, 5.41) is 4.57. The molecule has 0 radical (unpaired) electrons. The first kappa shape index (κ1) is 21.3. The first-order valence-electron chi connectivity index (χ1n) is 8.62. The molecule has 2 amide bonds. The third kappa shape index (κ3) is 5.75. The number of halogens is 1. The lowest BCUT2D eigenvalue weighted by atomic mass is 10.2. The number of nitrogens with zero attached hydrogens (tertiary/aromatic N) is 2. The van der Waals surface area contributed by atoms with Crippen LogP contribution in [0.15, 0.2) is 24.3 Å². The van der Waals surface area contributed by atoms with Gasteiger partial charge in [0.2, 0.25) is 0 Å². The van der Waals surface area contributed by atoms with Gasteiger partial charge in [0.15, 0.2) is 11.5 Å². The van der Waals surface area contributed by atoms with E-state index in [1.54, 1.807) is 22.9 Å². The summed E-state index contributed by atoms with van der Waals surface area (Å²) in [6.45, 7) is 6.00. The Balaban J connectivity index is 1.93. The monoisotopic (exact) mass is 406 g/mol. The summed E-state index contributed by atoms with van der Waals surface area (Å²) < 4.78 is 12.3. The number of hydrogen-bond donors (Lipinski definition) is 2. The van der Waals surface area contributed by atoms with Crippen molar-refractivity contribution in [2.45, 2.75) is 27.3 Å². The number of benzene rings is 1. The molecule has 0 bridgehead atoms. The minimum Gasteiger partial charge on any atom is -0.493 e. The Bertz CT molecular complexity index is 892. The second-order valence-corrected chi connectivity index (χ2v) is 6.33. The molecule has 150 valence electrons. The zero-order chi connectivity index (χ0) is 20.7. The SMILES string of the molecule is CCOc1c(Cl)cc(/C=C/C(=O)NNC(=O)Cn2nc(C)cc2C)cc1OC. The molecule has 2 rings (SSSR count). The molecule has 0 aliphatic heterocycles. The Morgan fingerprint density at radius 3 is 2.61 bits per heavy atom. The fraction of sp³-hybridized carbons (Fsp3) is 0.316. The Labute approximate surface area is 168 Å². The largest absolute Gasteiger partial charge is 0.493 e. The number of hydrogen-bond acceptors (Lipinski definition) is 5. The minimum absolute atomic E-state index is 0.00929.